The second-order valence-electron chi connectivity index (χ2n) is 6.56. The molecule has 2 heterocycles. The van der Waals surface area contributed by atoms with Crippen molar-refractivity contribution in [2.75, 3.05) is 20.3 Å². The zero-order valence-electron chi connectivity index (χ0n) is 15.5. The van der Waals surface area contributed by atoms with E-state index < -0.39 is 0 Å². The lowest BCUT2D eigenvalue weighted by molar-refractivity contribution is 0.297. The van der Waals surface area contributed by atoms with Gasteiger partial charge in [-0.05, 0) is 60.5 Å². The van der Waals surface area contributed by atoms with Gasteiger partial charge >= 0.3 is 0 Å². The van der Waals surface area contributed by atoms with Crippen LogP contribution in [0.15, 0.2) is 60.6 Å². The van der Waals surface area contributed by atoms with Crippen LogP contribution in [0, 0.1) is 0 Å². The van der Waals surface area contributed by atoms with Gasteiger partial charge in [0.15, 0.2) is 0 Å². The smallest absolute Gasteiger partial charge is 0.126 e. The number of imidazole rings is 1. The third-order valence-electron chi connectivity index (χ3n) is 5.02. The Balaban J connectivity index is 1.70. The lowest BCUT2D eigenvalue weighted by Gasteiger charge is -2.11. The monoisotopic (exact) mass is 362 g/mol. The van der Waals surface area contributed by atoms with E-state index in [0.717, 1.165) is 51.6 Å². The van der Waals surface area contributed by atoms with Crippen LogP contribution in [0.4, 0.5) is 0 Å². The van der Waals surface area contributed by atoms with E-state index in [1.54, 1.807) is 7.11 Å². The standard InChI is InChI=1S/C22H22N2O3/c1-15-17(13-25)9-10-27-22-8-5-18(11-20(15)22)24-12-21(23-14-24)16-3-6-19(26-2)7-4-16/h3-8,11-12,14,25H,9-10,13H2,1-2H3. The summed E-state index contributed by atoms with van der Waals surface area (Å²) >= 11 is 0. The molecule has 138 valence electrons. The fraction of sp³-hybridized carbons (Fsp3) is 0.227. The topological polar surface area (TPSA) is 56.5 Å². The van der Waals surface area contributed by atoms with Gasteiger partial charge in [0, 0.05) is 29.4 Å². The second-order valence-corrected chi connectivity index (χ2v) is 6.56. The summed E-state index contributed by atoms with van der Waals surface area (Å²) in [6, 6.07) is 14.0. The molecule has 0 spiro atoms. The molecule has 0 saturated heterocycles. The number of aliphatic hydroxyl groups is 1. The Hall–Kier alpha value is -3.05. The Morgan fingerprint density at radius 1 is 1.19 bits per heavy atom. The van der Waals surface area contributed by atoms with Crippen molar-refractivity contribution in [1.29, 1.82) is 0 Å². The molecule has 0 bridgehead atoms. The van der Waals surface area contributed by atoms with Crippen molar-refractivity contribution < 1.29 is 14.6 Å². The van der Waals surface area contributed by atoms with Crippen molar-refractivity contribution in [2.45, 2.75) is 13.3 Å². The molecule has 5 heteroatoms. The molecule has 5 nitrogen and oxygen atoms in total. The fourth-order valence-electron chi connectivity index (χ4n) is 3.33. The summed E-state index contributed by atoms with van der Waals surface area (Å²) in [5, 5.41) is 9.63. The third kappa shape index (κ3) is 3.34. The van der Waals surface area contributed by atoms with Gasteiger partial charge in [0.05, 0.1) is 32.3 Å². The van der Waals surface area contributed by atoms with E-state index in [1.807, 2.05) is 60.4 Å². The zero-order chi connectivity index (χ0) is 18.8. The van der Waals surface area contributed by atoms with Crippen molar-refractivity contribution in [3.05, 3.63) is 66.1 Å². The number of benzene rings is 2. The highest BCUT2D eigenvalue weighted by Crippen LogP contribution is 2.34. The molecule has 4 rings (SSSR count). The van der Waals surface area contributed by atoms with Crippen molar-refractivity contribution in [2.24, 2.45) is 0 Å². The summed E-state index contributed by atoms with van der Waals surface area (Å²) in [7, 11) is 1.66. The molecule has 1 aliphatic rings. The minimum Gasteiger partial charge on any atom is -0.497 e. The Kier molecular flexibility index (Phi) is 4.69. The minimum absolute atomic E-state index is 0.0611. The zero-order valence-corrected chi connectivity index (χ0v) is 15.5. The number of allylic oxidation sites excluding steroid dienone is 1. The molecule has 0 unspecified atom stereocenters. The fourth-order valence-corrected chi connectivity index (χ4v) is 3.33. The Bertz CT molecular complexity index is 987. The van der Waals surface area contributed by atoms with Crippen LogP contribution in [-0.2, 0) is 0 Å². The molecule has 1 N–H and O–H groups in total. The molecular formula is C22H22N2O3. The maximum Gasteiger partial charge on any atom is 0.126 e. The first-order chi connectivity index (χ1) is 13.2. The van der Waals surface area contributed by atoms with Gasteiger partial charge in [-0.3, -0.25) is 0 Å². The van der Waals surface area contributed by atoms with Gasteiger partial charge < -0.3 is 19.1 Å². The molecule has 0 radical (unpaired) electrons. The molecule has 0 saturated carbocycles. The van der Waals surface area contributed by atoms with Crippen LogP contribution in [0.3, 0.4) is 0 Å². The van der Waals surface area contributed by atoms with E-state index in [4.69, 9.17) is 9.47 Å². The van der Waals surface area contributed by atoms with E-state index in [-0.39, 0.29) is 6.61 Å². The van der Waals surface area contributed by atoms with E-state index in [1.165, 1.54) is 0 Å². The predicted octanol–water partition coefficient (Wildman–Crippen LogP) is 4.10. The van der Waals surface area contributed by atoms with E-state index in [0.29, 0.717) is 6.61 Å². The third-order valence-corrected chi connectivity index (χ3v) is 5.02. The van der Waals surface area contributed by atoms with Gasteiger partial charge in [0.1, 0.15) is 11.5 Å². The number of aliphatic hydroxyl groups excluding tert-OH is 1. The molecule has 0 atom stereocenters. The number of hydrogen-bond donors (Lipinski definition) is 1. The summed E-state index contributed by atoms with van der Waals surface area (Å²) in [6.07, 6.45) is 4.57. The lowest BCUT2D eigenvalue weighted by Crippen LogP contribution is -1.99. The van der Waals surface area contributed by atoms with Crippen LogP contribution in [0.5, 0.6) is 11.5 Å². The number of methoxy groups -OCH3 is 1. The molecular weight excluding hydrogens is 340 g/mol. The Labute approximate surface area is 158 Å². The van der Waals surface area contributed by atoms with Gasteiger partial charge in [0.25, 0.3) is 0 Å². The van der Waals surface area contributed by atoms with Crippen molar-refractivity contribution in [1.82, 2.24) is 9.55 Å². The largest absolute Gasteiger partial charge is 0.497 e. The average molecular weight is 362 g/mol. The highest BCUT2D eigenvalue weighted by atomic mass is 16.5. The van der Waals surface area contributed by atoms with E-state index in [9.17, 15) is 5.11 Å². The van der Waals surface area contributed by atoms with Gasteiger partial charge in [0.2, 0.25) is 0 Å². The maximum atomic E-state index is 9.63. The Morgan fingerprint density at radius 2 is 2.00 bits per heavy atom. The van der Waals surface area contributed by atoms with Crippen LogP contribution in [0.25, 0.3) is 22.5 Å². The van der Waals surface area contributed by atoms with Crippen LogP contribution in [0.2, 0.25) is 0 Å². The first-order valence-electron chi connectivity index (χ1n) is 8.95. The summed E-state index contributed by atoms with van der Waals surface area (Å²) in [5.74, 6) is 1.68. The number of nitrogens with zero attached hydrogens (tertiary/aromatic N) is 2. The highest BCUT2D eigenvalue weighted by Gasteiger charge is 2.16. The number of hydrogen-bond acceptors (Lipinski definition) is 4. The summed E-state index contributed by atoms with van der Waals surface area (Å²) < 4.78 is 13.1. The summed E-state index contributed by atoms with van der Waals surface area (Å²) in [6.45, 7) is 2.69. The van der Waals surface area contributed by atoms with Crippen LogP contribution in [0.1, 0.15) is 18.9 Å². The van der Waals surface area contributed by atoms with E-state index in [2.05, 4.69) is 11.1 Å². The van der Waals surface area contributed by atoms with Gasteiger partial charge in [-0.2, -0.15) is 0 Å². The summed E-state index contributed by atoms with van der Waals surface area (Å²) in [4.78, 5) is 4.54. The molecule has 0 aliphatic carbocycles. The number of ether oxygens (including phenoxy) is 2. The normalized spacial score (nSPS) is 13.7. The maximum absolute atomic E-state index is 9.63. The summed E-state index contributed by atoms with van der Waals surface area (Å²) in [5.41, 5.74) is 6.06. The second kappa shape index (κ2) is 7.29. The quantitative estimate of drug-likeness (QED) is 0.759. The SMILES string of the molecule is COc1ccc(-c2cn(-c3ccc4c(c3)C(C)=C(CO)CCO4)cn2)cc1. The molecule has 0 fully saturated rings. The molecule has 0 amide bonds. The Morgan fingerprint density at radius 3 is 2.74 bits per heavy atom. The van der Waals surface area contributed by atoms with Gasteiger partial charge in [-0.15, -0.1) is 0 Å². The van der Waals surface area contributed by atoms with Crippen molar-refractivity contribution >= 4 is 5.57 Å². The molecule has 1 aromatic heterocycles. The number of aromatic nitrogens is 2. The van der Waals surface area contributed by atoms with Crippen LogP contribution in [-0.4, -0.2) is 35.0 Å². The van der Waals surface area contributed by atoms with Crippen molar-refractivity contribution in [3.63, 3.8) is 0 Å². The first kappa shape index (κ1) is 17.4. The highest BCUT2D eigenvalue weighted by molar-refractivity contribution is 5.74. The lowest BCUT2D eigenvalue weighted by atomic mass is 9.99. The average Bonchev–Trinajstić information content (AvgIpc) is 3.15. The van der Waals surface area contributed by atoms with Crippen molar-refractivity contribution in [3.8, 4) is 28.4 Å². The number of fused-ring (bicyclic) bond motifs is 1. The van der Waals surface area contributed by atoms with Crippen LogP contribution < -0.4 is 9.47 Å². The van der Waals surface area contributed by atoms with Gasteiger partial charge in [-0.1, -0.05) is 0 Å². The van der Waals surface area contributed by atoms with E-state index >= 15 is 0 Å². The van der Waals surface area contributed by atoms with Gasteiger partial charge in [-0.25, -0.2) is 4.98 Å². The number of rotatable bonds is 4. The van der Waals surface area contributed by atoms with Crippen LogP contribution >= 0.6 is 0 Å². The minimum atomic E-state index is 0.0611. The predicted molar refractivity (Wildman–Crippen MR) is 105 cm³/mol. The molecule has 2 aromatic carbocycles. The first-order valence-corrected chi connectivity index (χ1v) is 8.95. The molecule has 27 heavy (non-hydrogen) atoms. The molecule has 3 aromatic rings. The molecule has 1 aliphatic heterocycles.